The summed E-state index contributed by atoms with van der Waals surface area (Å²) in [4.78, 5) is 18.6. The monoisotopic (exact) mass is 531 g/mol. The minimum Gasteiger partial charge on any atom is -0.392 e. The Morgan fingerprint density at radius 1 is 1.19 bits per heavy atom. The topological polar surface area (TPSA) is 152 Å². The van der Waals surface area contributed by atoms with E-state index in [4.69, 9.17) is 0 Å². The number of aromatic nitrogens is 5. The molecule has 0 spiro atoms. The zero-order chi connectivity index (χ0) is 26.6. The fraction of sp³-hybridized carbons (Fsp3) is 0.458. The Bertz CT molecular complexity index is 1370. The van der Waals surface area contributed by atoms with Gasteiger partial charge in [-0.2, -0.15) is 4.80 Å². The minimum absolute atomic E-state index is 0.0327. The summed E-state index contributed by atoms with van der Waals surface area (Å²) in [5.74, 6) is -0.220. The van der Waals surface area contributed by atoms with Crippen molar-refractivity contribution < 1.29 is 22.7 Å². The van der Waals surface area contributed by atoms with E-state index in [0.717, 1.165) is 25.7 Å². The third-order valence-electron chi connectivity index (χ3n) is 6.28. The van der Waals surface area contributed by atoms with Gasteiger partial charge in [-0.15, -0.1) is 10.2 Å². The molecule has 1 amide bonds. The van der Waals surface area contributed by atoms with Crippen molar-refractivity contribution in [3.63, 3.8) is 0 Å². The molecule has 4 rings (SSSR count). The third kappa shape index (κ3) is 7.37. The van der Waals surface area contributed by atoms with Gasteiger partial charge in [0.25, 0.3) is 5.91 Å². The molecule has 3 N–H and O–H groups in total. The number of hydrogen-bond acceptors (Lipinski definition) is 8. The van der Waals surface area contributed by atoms with Crippen LogP contribution in [0.3, 0.4) is 0 Å². The van der Waals surface area contributed by atoms with Crippen molar-refractivity contribution in [2.24, 2.45) is 5.92 Å². The molecule has 198 valence electrons. The average molecular weight is 532 g/mol. The van der Waals surface area contributed by atoms with Crippen LogP contribution in [0, 0.1) is 18.7 Å². The predicted molar refractivity (Wildman–Crippen MR) is 133 cm³/mol. The number of hydrogen-bond donors (Lipinski definition) is 3. The number of tetrazole rings is 1. The lowest BCUT2D eigenvalue weighted by Gasteiger charge is -2.27. The molecule has 0 saturated heterocycles. The number of halogens is 1. The number of nitrogens with zero attached hydrogens (tertiary/aromatic N) is 5. The zero-order valence-corrected chi connectivity index (χ0v) is 21.5. The smallest absolute Gasteiger partial charge is 0.270 e. The maximum atomic E-state index is 13.6. The van der Waals surface area contributed by atoms with Gasteiger partial charge in [0.1, 0.15) is 11.5 Å². The largest absolute Gasteiger partial charge is 0.392 e. The standard InChI is InChI=1S/C24H30FN7O4S/c1-15-9-18(11-22(27-15)24(34)26-12-17-5-8-21(25)19(10-17)14-33)23-28-31-32(29-23)13-16-3-6-20(7-4-16)30-37(2,35)36/h5,8-11,16,20,30,33H,3-4,6-7,12-14H2,1-2H3,(H,26,34)/t16-,20-. The van der Waals surface area contributed by atoms with E-state index in [-0.39, 0.29) is 23.8 Å². The van der Waals surface area contributed by atoms with Gasteiger partial charge in [-0.1, -0.05) is 6.07 Å². The van der Waals surface area contributed by atoms with Crippen molar-refractivity contribution in [2.75, 3.05) is 6.26 Å². The van der Waals surface area contributed by atoms with Gasteiger partial charge >= 0.3 is 0 Å². The summed E-state index contributed by atoms with van der Waals surface area (Å²) >= 11 is 0. The highest BCUT2D eigenvalue weighted by Crippen LogP contribution is 2.26. The molecule has 0 aliphatic heterocycles. The molecule has 3 aromatic rings. The van der Waals surface area contributed by atoms with Crippen molar-refractivity contribution >= 4 is 15.9 Å². The molecule has 1 aromatic carbocycles. The van der Waals surface area contributed by atoms with Crippen molar-refractivity contribution in [3.8, 4) is 11.4 Å². The van der Waals surface area contributed by atoms with Gasteiger partial charge in [-0.05, 0) is 73.6 Å². The number of benzene rings is 1. The minimum atomic E-state index is -3.21. The number of aliphatic hydroxyl groups is 1. The molecule has 13 heteroatoms. The summed E-state index contributed by atoms with van der Waals surface area (Å²) in [7, 11) is -3.21. The number of nitrogens with one attached hydrogen (secondary N) is 2. The van der Waals surface area contributed by atoms with E-state index in [1.165, 1.54) is 23.2 Å². The van der Waals surface area contributed by atoms with Crippen LogP contribution in [0.2, 0.25) is 0 Å². The second-order valence-corrected chi connectivity index (χ2v) is 11.2. The van der Waals surface area contributed by atoms with Gasteiger partial charge in [-0.3, -0.25) is 4.79 Å². The Morgan fingerprint density at radius 2 is 1.95 bits per heavy atom. The van der Waals surface area contributed by atoms with Crippen LogP contribution in [-0.4, -0.2) is 56.9 Å². The Morgan fingerprint density at radius 3 is 2.65 bits per heavy atom. The van der Waals surface area contributed by atoms with Gasteiger partial charge in [0.2, 0.25) is 15.8 Å². The van der Waals surface area contributed by atoms with Crippen molar-refractivity contribution in [3.05, 3.63) is 58.7 Å². The molecule has 0 bridgehead atoms. The Balaban J connectivity index is 1.38. The predicted octanol–water partition coefficient (Wildman–Crippen LogP) is 1.71. The van der Waals surface area contributed by atoms with E-state index in [1.807, 2.05) is 0 Å². The quantitative estimate of drug-likeness (QED) is 0.377. The molecule has 2 heterocycles. The van der Waals surface area contributed by atoms with E-state index in [1.54, 1.807) is 25.1 Å². The number of rotatable bonds is 9. The molecule has 1 aliphatic carbocycles. The van der Waals surface area contributed by atoms with Gasteiger partial charge in [0.15, 0.2) is 0 Å². The van der Waals surface area contributed by atoms with Gasteiger partial charge in [-0.25, -0.2) is 22.5 Å². The third-order valence-corrected chi connectivity index (χ3v) is 7.04. The molecule has 1 saturated carbocycles. The number of carbonyl (C=O) groups excluding carboxylic acids is 1. The summed E-state index contributed by atoms with van der Waals surface area (Å²) in [6.07, 6.45) is 4.42. The van der Waals surface area contributed by atoms with Crippen LogP contribution in [0.1, 0.15) is 53.0 Å². The van der Waals surface area contributed by atoms with Crippen LogP contribution in [-0.2, 0) is 29.7 Å². The van der Waals surface area contributed by atoms with Crippen LogP contribution in [0.5, 0.6) is 0 Å². The van der Waals surface area contributed by atoms with Crippen molar-refractivity contribution in [2.45, 2.75) is 58.3 Å². The second-order valence-electron chi connectivity index (χ2n) is 9.42. The maximum absolute atomic E-state index is 13.6. The van der Waals surface area contributed by atoms with Crippen LogP contribution < -0.4 is 10.0 Å². The highest BCUT2D eigenvalue weighted by atomic mass is 32.2. The highest BCUT2D eigenvalue weighted by molar-refractivity contribution is 7.88. The molecular formula is C24H30FN7O4S. The van der Waals surface area contributed by atoms with Gasteiger partial charge in [0, 0.05) is 29.4 Å². The number of pyridine rings is 1. The molecule has 11 nitrogen and oxygen atoms in total. The summed E-state index contributed by atoms with van der Waals surface area (Å²) < 4.78 is 39.1. The number of carbonyl (C=O) groups is 1. The molecular weight excluding hydrogens is 501 g/mol. The molecule has 0 atom stereocenters. The Hall–Kier alpha value is -3.29. The highest BCUT2D eigenvalue weighted by Gasteiger charge is 2.24. The number of amides is 1. The maximum Gasteiger partial charge on any atom is 0.270 e. The first-order valence-electron chi connectivity index (χ1n) is 12.0. The fourth-order valence-electron chi connectivity index (χ4n) is 4.48. The summed E-state index contributed by atoms with van der Waals surface area (Å²) in [5, 5.41) is 24.8. The average Bonchev–Trinajstić information content (AvgIpc) is 3.32. The SMILES string of the molecule is Cc1cc(-c2nnn(C[C@H]3CC[C@H](NS(C)(=O)=O)CC3)n2)cc(C(=O)NCc2ccc(F)c(CO)c2)n1. The van der Waals surface area contributed by atoms with Crippen molar-refractivity contribution in [1.29, 1.82) is 0 Å². The van der Waals surface area contributed by atoms with Crippen LogP contribution >= 0.6 is 0 Å². The summed E-state index contributed by atoms with van der Waals surface area (Å²) in [5.41, 5.74) is 2.22. The van der Waals surface area contributed by atoms with E-state index < -0.39 is 28.4 Å². The van der Waals surface area contributed by atoms with E-state index >= 15 is 0 Å². The first-order chi connectivity index (χ1) is 17.6. The lowest BCUT2D eigenvalue weighted by atomic mass is 9.86. The normalized spacial score (nSPS) is 18.1. The van der Waals surface area contributed by atoms with E-state index in [2.05, 4.69) is 30.4 Å². The van der Waals surface area contributed by atoms with Crippen LogP contribution in [0.25, 0.3) is 11.4 Å². The van der Waals surface area contributed by atoms with E-state index in [0.29, 0.717) is 35.1 Å². The van der Waals surface area contributed by atoms with Crippen LogP contribution in [0.15, 0.2) is 30.3 Å². The Labute approximate surface area is 214 Å². The molecule has 1 fully saturated rings. The molecule has 0 unspecified atom stereocenters. The van der Waals surface area contributed by atoms with Gasteiger partial charge < -0.3 is 10.4 Å². The molecule has 1 aliphatic rings. The first kappa shape index (κ1) is 26.8. The zero-order valence-electron chi connectivity index (χ0n) is 20.7. The van der Waals surface area contributed by atoms with Crippen molar-refractivity contribution in [1.82, 2.24) is 35.2 Å². The molecule has 37 heavy (non-hydrogen) atoms. The Kier molecular flexibility index (Phi) is 8.25. The lowest BCUT2D eigenvalue weighted by molar-refractivity contribution is 0.0945. The van der Waals surface area contributed by atoms with Gasteiger partial charge in [0.05, 0.1) is 19.4 Å². The molecule has 2 aromatic heterocycles. The lowest BCUT2D eigenvalue weighted by Crippen LogP contribution is -2.37. The summed E-state index contributed by atoms with van der Waals surface area (Å²) in [6.45, 7) is 2.06. The van der Waals surface area contributed by atoms with Crippen LogP contribution in [0.4, 0.5) is 4.39 Å². The number of sulfonamides is 1. The fourth-order valence-corrected chi connectivity index (χ4v) is 5.32. The second kappa shape index (κ2) is 11.4. The first-order valence-corrected chi connectivity index (χ1v) is 13.9. The summed E-state index contributed by atoms with van der Waals surface area (Å²) in [6, 6.07) is 7.63. The number of aliphatic hydroxyl groups excluding tert-OH is 1. The van der Waals surface area contributed by atoms with E-state index in [9.17, 15) is 22.7 Å². The molecule has 0 radical (unpaired) electrons. The number of aryl methyl sites for hydroxylation is 1.